The van der Waals surface area contributed by atoms with Crippen LogP contribution in [0.3, 0.4) is 0 Å². The summed E-state index contributed by atoms with van der Waals surface area (Å²) in [6.07, 6.45) is 3.41. The number of nitrogens with zero attached hydrogens (tertiary/aromatic N) is 2. The smallest absolute Gasteiger partial charge is 0.252 e. The highest BCUT2D eigenvalue weighted by atomic mass is 15.2. The Morgan fingerprint density at radius 3 is 1.44 bits per heavy atom. The lowest BCUT2D eigenvalue weighted by molar-refractivity contribution is 0.402. The molecule has 0 radical (unpaired) electrons. The zero-order chi connectivity index (χ0) is 48.8. The van der Waals surface area contributed by atoms with Gasteiger partial charge in [0.05, 0.1) is 0 Å². The predicted molar refractivity (Wildman–Crippen MR) is 294 cm³/mol. The fourth-order valence-electron chi connectivity index (χ4n) is 15.3. The SMILES string of the molecule is Cc1cc2c(cc1N1c3cc(C(C)(C)c4ccccc4)ccc3B3c4cc5c(cc4N(c4ccc6c(c4)C(C)(C)CC6(C)C)c4cc(C(C)(C)C)cc1c43)C(C)(C)CC5(C)C)C(C)(C)CC2(C)C. The van der Waals surface area contributed by atoms with Crippen LogP contribution in [0.25, 0.3) is 0 Å². The summed E-state index contributed by atoms with van der Waals surface area (Å²) in [5, 5.41) is 0. The van der Waals surface area contributed by atoms with E-state index in [0.717, 1.165) is 19.3 Å². The van der Waals surface area contributed by atoms with Gasteiger partial charge in [0.15, 0.2) is 0 Å². The number of fused-ring (bicyclic) bond motifs is 7. The minimum atomic E-state index is -0.215. The van der Waals surface area contributed by atoms with E-state index in [1.165, 1.54) is 106 Å². The summed E-state index contributed by atoms with van der Waals surface area (Å²) < 4.78 is 0. The third-order valence-corrected chi connectivity index (χ3v) is 18.2. The molecule has 3 aliphatic carbocycles. The lowest BCUT2D eigenvalue weighted by Crippen LogP contribution is -2.61. The fourth-order valence-corrected chi connectivity index (χ4v) is 15.3. The summed E-state index contributed by atoms with van der Waals surface area (Å²) in [5.74, 6) is 0. The minimum Gasteiger partial charge on any atom is -0.311 e. The maximum atomic E-state index is 2.74. The van der Waals surface area contributed by atoms with Crippen molar-refractivity contribution in [2.45, 2.75) is 187 Å². The molecule has 3 heteroatoms. The lowest BCUT2D eigenvalue weighted by Gasteiger charge is -2.46. The number of rotatable bonds is 4. The van der Waals surface area contributed by atoms with E-state index < -0.39 is 0 Å². The molecular weight excluding hydrogens is 820 g/mol. The fraction of sp³-hybridized carbons (Fsp3) is 0.446. The Balaban J connectivity index is 1.28. The Morgan fingerprint density at radius 1 is 0.397 bits per heavy atom. The first-order valence-corrected chi connectivity index (χ1v) is 25.9. The Morgan fingerprint density at radius 2 is 0.868 bits per heavy atom. The van der Waals surface area contributed by atoms with Crippen LogP contribution < -0.4 is 26.2 Å². The molecule has 0 saturated carbocycles. The highest BCUT2D eigenvalue weighted by Crippen LogP contribution is 2.57. The second kappa shape index (κ2) is 13.9. The summed E-state index contributed by atoms with van der Waals surface area (Å²) in [5.41, 5.74) is 26.6. The summed E-state index contributed by atoms with van der Waals surface area (Å²) in [6.45, 7) is 44.1. The number of hydrogen-bond acceptors (Lipinski definition) is 2. The van der Waals surface area contributed by atoms with E-state index in [9.17, 15) is 0 Å². The summed E-state index contributed by atoms with van der Waals surface area (Å²) >= 11 is 0. The second-order valence-electron chi connectivity index (χ2n) is 27.8. The molecule has 2 aliphatic heterocycles. The molecule has 6 aromatic rings. The summed E-state index contributed by atoms with van der Waals surface area (Å²) in [4.78, 5) is 5.46. The molecule has 0 bridgehead atoms. The molecule has 350 valence electrons. The van der Waals surface area contributed by atoms with Crippen molar-refractivity contribution in [2.24, 2.45) is 0 Å². The van der Waals surface area contributed by atoms with Crippen LogP contribution in [0, 0.1) is 6.92 Å². The van der Waals surface area contributed by atoms with Gasteiger partial charge >= 0.3 is 0 Å². The third-order valence-electron chi connectivity index (χ3n) is 18.2. The quantitative estimate of drug-likeness (QED) is 0.162. The average molecular weight is 897 g/mol. The number of benzene rings is 6. The van der Waals surface area contributed by atoms with Gasteiger partial charge in [-0.2, -0.15) is 0 Å². The average Bonchev–Trinajstić information content (AvgIpc) is 3.64. The second-order valence-corrected chi connectivity index (χ2v) is 27.8. The van der Waals surface area contributed by atoms with Gasteiger partial charge in [0.2, 0.25) is 0 Å². The van der Waals surface area contributed by atoms with E-state index in [4.69, 9.17) is 0 Å². The largest absolute Gasteiger partial charge is 0.311 e. The Bertz CT molecular complexity index is 3130. The van der Waals surface area contributed by atoms with E-state index in [0.29, 0.717) is 0 Å². The summed E-state index contributed by atoms with van der Waals surface area (Å²) in [7, 11) is 0. The van der Waals surface area contributed by atoms with Crippen LogP contribution in [0.15, 0.2) is 103 Å². The molecule has 0 unspecified atom stereocenters. The molecule has 0 atom stereocenters. The van der Waals surface area contributed by atoms with E-state index in [2.05, 4.69) is 238 Å². The molecule has 0 saturated heterocycles. The van der Waals surface area contributed by atoms with Gasteiger partial charge in [-0.1, -0.05) is 178 Å². The predicted octanol–water partition coefficient (Wildman–Crippen LogP) is 15.6. The molecule has 0 amide bonds. The molecule has 0 spiro atoms. The Labute approximate surface area is 411 Å². The molecule has 0 fully saturated rings. The molecule has 0 N–H and O–H groups in total. The van der Waals surface area contributed by atoms with Crippen LogP contribution in [0.1, 0.15) is 193 Å². The van der Waals surface area contributed by atoms with Gasteiger partial charge in [0.25, 0.3) is 6.71 Å². The van der Waals surface area contributed by atoms with Crippen molar-refractivity contribution < 1.29 is 0 Å². The Hall–Kier alpha value is -5.02. The molecule has 68 heavy (non-hydrogen) atoms. The maximum absolute atomic E-state index is 2.74. The van der Waals surface area contributed by atoms with E-state index in [1.807, 2.05) is 0 Å². The van der Waals surface area contributed by atoms with Gasteiger partial charge in [0.1, 0.15) is 0 Å². The van der Waals surface area contributed by atoms with Crippen molar-refractivity contribution in [3.05, 3.63) is 159 Å². The lowest BCUT2D eigenvalue weighted by atomic mass is 9.33. The van der Waals surface area contributed by atoms with Gasteiger partial charge in [0, 0.05) is 39.5 Å². The first-order valence-electron chi connectivity index (χ1n) is 25.9. The van der Waals surface area contributed by atoms with Crippen LogP contribution in [0.5, 0.6) is 0 Å². The van der Waals surface area contributed by atoms with E-state index in [1.54, 1.807) is 0 Å². The first-order chi connectivity index (χ1) is 31.4. The van der Waals surface area contributed by atoms with Gasteiger partial charge in [-0.15, -0.1) is 0 Å². The van der Waals surface area contributed by atoms with Gasteiger partial charge in [-0.25, -0.2) is 0 Å². The first kappa shape index (κ1) is 45.4. The van der Waals surface area contributed by atoms with Crippen LogP contribution in [-0.4, -0.2) is 6.71 Å². The molecule has 6 aromatic carbocycles. The highest BCUT2D eigenvalue weighted by molar-refractivity contribution is 7.00. The van der Waals surface area contributed by atoms with E-state index >= 15 is 0 Å². The van der Waals surface area contributed by atoms with Crippen molar-refractivity contribution in [1.82, 2.24) is 0 Å². The van der Waals surface area contributed by atoms with Crippen molar-refractivity contribution >= 4 is 57.2 Å². The molecule has 5 aliphatic rings. The standard InChI is InChI=1S/C65H77BN2/c1-39-28-45-48(63(13,14)37-60(45,7)8)34-52(39)68-53-29-41(65(17,18)40-22-20-19-21-23-40)24-27-50(53)66-51-33-47-49(64(15,16)38-62(47,11)12)35-54(51)67(55-30-42(58(2,3)4)31-56(68)57(55)66)43-25-26-44-46(32-43)61(9,10)36-59(44,5)6/h19-35H,36-38H2,1-18H3. The maximum Gasteiger partial charge on any atom is 0.252 e. The number of hydrogen-bond donors (Lipinski definition) is 0. The van der Waals surface area contributed by atoms with Crippen molar-refractivity contribution in [3.8, 4) is 0 Å². The molecule has 11 rings (SSSR count). The zero-order valence-corrected chi connectivity index (χ0v) is 44.9. The third kappa shape index (κ3) is 6.41. The van der Waals surface area contributed by atoms with Gasteiger partial charge in [-0.3, -0.25) is 0 Å². The van der Waals surface area contributed by atoms with E-state index in [-0.39, 0.29) is 50.0 Å². The van der Waals surface area contributed by atoms with Crippen LogP contribution >= 0.6 is 0 Å². The number of anilines is 6. The van der Waals surface area contributed by atoms with Crippen molar-refractivity contribution in [1.29, 1.82) is 0 Å². The van der Waals surface area contributed by atoms with Gasteiger partial charge < -0.3 is 9.80 Å². The van der Waals surface area contributed by atoms with Crippen molar-refractivity contribution in [3.63, 3.8) is 0 Å². The van der Waals surface area contributed by atoms with Crippen LogP contribution in [0.4, 0.5) is 34.1 Å². The number of aryl methyl sites for hydroxylation is 1. The highest BCUT2D eigenvalue weighted by Gasteiger charge is 2.50. The van der Waals surface area contributed by atoms with Crippen LogP contribution in [0.2, 0.25) is 0 Å². The Kier molecular flexibility index (Phi) is 9.26. The molecular formula is C65H77BN2. The van der Waals surface area contributed by atoms with Gasteiger partial charge in [-0.05, 0) is 179 Å². The monoisotopic (exact) mass is 897 g/mol. The molecule has 2 nitrogen and oxygen atoms in total. The molecule has 2 heterocycles. The molecule has 0 aromatic heterocycles. The normalized spacial score (nSPS) is 20.4. The minimum absolute atomic E-state index is 0.0418. The zero-order valence-electron chi connectivity index (χ0n) is 44.9. The van der Waals surface area contributed by atoms with Crippen LogP contribution in [-0.2, 0) is 43.3 Å². The summed E-state index contributed by atoms with van der Waals surface area (Å²) in [6, 6.07) is 42.0. The van der Waals surface area contributed by atoms with Crippen molar-refractivity contribution in [2.75, 3.05) is 9.80 Å². The topological polar surface area (TPSA) is 6.48 Å².